The molecular formula is C15H20N4O. The molecule has 1 fully saturated rings. The van der Waals surface area contributed by atoms with E-state index >= 15 is 0 Å². The first-order chi connectivity index (χ1) is 9.65. The molecule has 0 bridgehead atoms. The Bertz CT molecular complexity index is 656. The third-order valence-electron chi connectivity index (χ3n) is 3.93. The van der Waals surface area contributed by atoms with E-state index in [2.05, 4.69) is 28.6 Å². The Kier molecular flexibility index (Phi) is 3.44. The van der Waals surface area contributed by atoms with Crippen molar-refractivity contribution in [1.82, 2.24) is 14.3 Å². The Balaban J connectivity index is 1.87. The Morgan fingerprint density at radius 2 is 1.90 bits per heavy atom. The topological polar surface area (TPSA) is 40.9 Å². The van der Waals surface area contributed by atoms with Crippen molar-refractivity contribution in [2.45, 2.75) is 19.9 Å². The molecule has 5 heteroatoms. The van der Waals surface area contributed by atoms with Crippen LogP contribution in [0.3, 0.4) is 0 Å². The molecule has 0 N–H and O–H groups in total. The maximum absolute atomic E-state index is 12.1. The number of pyridine rings is 1. The fourth-order valence-corrected chi connectivity index (χ4v) is 2.67. The molecule has 1 aliphatic heterocycles. The molecule has 2 aromatic rings. The molecule has 0 atom stereocenters. The van der Waals surface area contributed by atoms with Gasteiger partial charge in [-0.3, -0.25) is 14.1 Å². The van der Waals surface area contributed by atoms with Crippen LogP contribution in [-0.2, 0) is 0 Å². The zero-order valence-electron chi connectivity index (χ0n) is 12.0. The summed E-state index contributed by atoms with van der Waals surface area (Å²) >= 11 is 0. The SMILES string of the molecule is CC(C)N1CCN(c2cc(=O)n3ccccc3n2)CC1. The smallest absolute Gasteiger partial charge is 0.259 e. The van der Waals surface area contributed by atoms with Crippen LogP contribution >= 0.6 is 0 Å². The normalized spacial score (nSPS) is 17.1. The summed E-state index contributed by atoms with van der Waals surface area (Å²) in [4.78, 5) is 21.4. The van der Waals surface area contributed by atoms with Gasteiger partial charge in [-0.1, -0.05) is 6.07 Å². The van der Waals surface area contributed by atoms with Crippen LogP contribution in [0.25, 0.3) is 5.65 Å². The van der Waals surface area contributed by atoms with E-state index in [1.54, 1.807) is 16.7 Å². The Morgan fingerprint density at radius 3 is 2.60 bits per heavy atom. The summed E-state index contributed by atoms with van der Waals surface area (Å²) in [6.45, 7) is 8.33. The lowest BCUT2D eigenvalue weighted by atomic mass is 10.2. The zero-order chi connectivity index (χ0) is 14.1. The summed E-state index contributed by atoms with van der Waals surface area (Å²) in [5.74, 6) is 0.796. The summed E-state index contributed by atoms with van der Waals surface area (Å²) in [6.07, 6.45) is 1.76. The van der Waals surface area contributed by atoms with Crippen LogP contribution in [0.4, 0.5) is 5.82 Å². The van der Waals surface area contributed by atoms with Crippen molar-refractivity contribution in [2.24, 2.45) is 0 Å². The van der Waals surface area contributed by atoms with Crippen molar-refractivity contribution in [1.29, 1.82) is 0 Å². The van der Waals surface area contributed by atoms with Crippen LogP contribution in [0, 0.1) is 0 Å². The molecule has 0 amide bonds. The lowest BCUT2D eigenvalue weighted by molar-refractivity contribution is 0.209. The second-order valence-corrected chi connectivity index (χ2v) is 5.50. The number of rotatable bonds is 2. The Labute approximate surface area is 118 Å². The molecule has 20 heavy (non-hydrogen) atoms. The van der Waals surface area contributed by atoms with Gasteiger partial charge in [0.15, 0.2) is 0 Å². The molecule has 1 saturated heterocycles. The largest absolute Gasteiger partial charge is 0.354 e. The van der Waals surface area contributed by atoms with Gasteiger partial charge < -0.3 is 4.90 Å². The summed E-state index contributed by atoms with van der Waals surface area (Å²) in [5, 5.41) is 0. The lowest BCUT2D eigenvalue weighted by Crippen LogP contribution is -2.49. The van der Waals surface area contributed by atoms with Gasteiger partial charge in [0.1, 0.15) is 11.5 Å². The van der Waals surface area contributed by atoms with Crippen LogP contribution in [0.15, 0.2) is 35.3 Å². The van der Waals surface area contributed by atoms with E-state index in [1.807, 2.05) is 18.2 Å². The first-order valence-corrected chi connectivity index (χ1v) is 7.12. The number of anilines is 1. The zero-order valence-corrected chi connectivity index (χ0v) is 12.0. The van der Waals surface area contributed by atoms with Gasteiger partial charge in [-0.15, -0.1) is 0 Å². The molecule has 0 aromatic carbocycles. The van der Waals surface area contributed by atoms with E-state index in [0.717, 1.165) is 32.0 Å². The number of piperazine rings is 1. The molecule has 3 rings (SSSR count). The number of fused-ring (bicyclic) bond motifs is 1. The van der Waals surface area contributed by atoms with E-state index in [4.69, 9.17) is 0 Å². The van der Waals surface area contributed by atoms with E-state index in [0.29, 0.717) is 11.7 Å². The van der Waals surface area contributed by atoms with E-state index in [9.17, 15) is 4.79 Å². The number of nitrogens with zero attached hydrogens (tertiary/aromatic N) is 4. The van der Waals surface area contributed by atoms with Gasteiger partial charge in [-0.2, -0.15) is 0 Å². The van der Waals surface area contributed by atoms with E-state index < -0.39 is 0 Å². The third-order valence-corrected chi connectivity index (χ3v) is 3.93. The predicted octanol–water partition coefficient (Wildman–Crippen LogP) is 1.22. The highest BCUT2D eigenvalue weighted by atomic mass is 16.1. The molecular weight excluding hydrogens is 252 g/mol. The number of hydrogen-bond donors (Lipinski definition) is 0. The van der Waals surface area contributed by atoms with Gasteiger partial charge in [0.2, 0.25) is 0 Å². The first-order valence-electron chi connectivity index (χ1n) is 7.12. The van der Waals surface area contributed by atoms with E-state index in [-0.39, 0.29) is 5.56 Å². The second kappa shape index (κ2) is 5.25. The molecule has 3 heterocycles. The predicted molar refractivity (Wildman–Crippen MR) is 80.4 cm³/mol. The van der Waals surface area contributed by atoms with Gasteiger partial charge in [-0.25, -0.2) is 4.98 Å². The van der Waals surface area contributed by atoms with Gasteiger partial charge in [0.25, 0.3) is 5.56 Å². The minimum Gasteiger partial charge on any atom is -0.354 e. The van der Waals surface area contributed by atoms with Crippen LogP contribution < -0.4 is 10.5 Å². The monoisotopic (exact) mass is 272 g/mol. The highest BCUT2D eigenvalue weighted by Gasteiger charge is 2.20. The maximum atomic E-state index is 12.1. The summed E-state index contributed by atoms with van der Waals surface area (Å²) < 4.78 is 1.58. The van der Waals surface area contributed by atoms with Crippen LogP contribution in [0.5, 0.6) is 0 Å². The fourth-order valence-electron chi connectivity index (χ4n) is 2.67. The quantitative estimate of drug-likeness (QED) is 0.824. The van der Waals surface area contributed by atoms with Crippen LogP contribution in [0.2, 0.25) is 0 Å². The molecule has 5 nitrogen and oxygen atoms in total. The van der Waals surface area contributed by atoms with Crippen molar-refractivity contribution in [3.63, 3.8) is 0 Å². The molecule has 2 aromatic heterocycles. The summed E-state index contributed by atoms with van der Waals surface area (Å²) in [6, 6.07) is 7.83. The van der Waals surface area contributed by atoms with Crippen molar-refractivity contribution < 1.29 is 0 Å². The standard InChI is InChI=1S/C15H20N4O/c1-12(2)17-7-9-18(10-8-17)14-11-15(20)19-6-4-3-5-13(19)16-14/h3-6,11-12H,7-10H2,1-2H3. The van der Waals surface area contributed by atoms with E-state index in [1.165, 1.54) is 0 Å². The van der Waals surface area contributed by atoms with Gasteiger partial charge in [-0.05, 0) is 26.0 Å². The number of hydrogen-bond acceptors (Lipinski definition) is 4. The van der Waals surface area contributed by atoms with Crippen molar-refractivity contribution in [2.75, 3.05) is 31.1 Å². The minimum atomic E-state index is -0.0168. The Morgan fingerprint density at radius 1 is 1.15 bits per heavy atom. The molecule has 0 aliphatic carbocycles. The maximum Gasteiger partial charge on any atom is 0.259 e. The first kappa shape index (κ1) is 13.1. The molecule has 0 unspecified atom stereocenters. The molecule has 106 valence electrons. The van der Waals surface area contributed by atoms with Gasteiger partial charge >= 0.3 is 0 Å². The van der Waals surface area contributed by atoms with Crippen LogP contribution in [-0.4, -0.2) is 46.5 Å². The highest BCUT2D eigenvalue weighted by molar-refractivity contribution is 5.48. The molecule has 0 radical (unpaired) electrons. The second-order valence-electron chi connectivity index (χ2n) is 5.50. The summed E-state index contributed by atoms with van der Waals surface area (Å²) in [7, 11) is 0. The summed E-state index contributed by atoms with van der Waals surface area (Å²) in [5.41, 5.74) is 0.693. The fraction of sp³-hybridized carbons (Fsp3) is 0.467. The molecule has 0 saturated carbocycles. The lowest BCUT2D eigenvalue weighted by Gasteiger charge is -2.37. The van der Waals surface area contributed by atoms with Gasteiger partial charge in [0.05, 0.1) is 0 Å². The van der Waals surface area contributed by atoms with Gasteiger partial charge in [0, 0.05) is 44.5 Å². The number of aromatic nitrogens is 2. The highest BCUT2D eigenvalue weighted by Crippen LogP contribution is 2.14. The average molecular weight is 272 g/mol. The average Bonchev–Trinajstić information content (AvgIpc) is 2.47. The minimum absolute atomic E-state index is 0.0168. The molecule has 0 spiro atoms. The van der Waals surface area contributed by atoms with Crippen molar-refractivity contribution >= 4 is 11.5 Å². The van der Waals surface area contributed by atoms with Crippen molar-refractivity contribution in [3.05, 3.63) is 40.8 Å². The van der Waals surface area contributed by atoms with Crippen molar-refractivity contribution in [3.8, 4) is 0 Å². The molecule has 1 aliphatic rings. The third kappa shape index (κ3) is 2.41. The Hall–Kier alpha value is -1.88. The van der Waals surface area contributed by atoms with Crippen LogP contribution in [0.1, 0.15) is 13.8 Å².